The molecule has 0 spiro atoms. The topological polar surface area (TPSA) is 41.6 Å². The van der Waals surface area contributed by atoms with Crippen molar-refractivity contribution in [3.8, 4) is 0 Å². The van der Waals surface area contributed by atoms with E-state index in [0.717, 1.165) is 23.0 Å². The van der Waals surface area contributed by atoms with E-state index in [9.17, 15) is 4.39 Å². The fraction of sp³-hybridized carbons (Fsp3) is 0.417. The Kier molecular flexibility index (Phi) is 3.66. The molecule has 0 amide bonds. The molecule has 3 nitrogen and oxygen atoms in total. The maximum atomic E-state index is 13.1. The summed E-state index contributed by atoms with van der Waals surface area (Å²) in [5.41, 5.74) is 6.89. The van der Waals surface area contributed by atoms with Crippen LogP contribution in [0.3, 0.4) is 0 Å². The van der Waals surface area contributed by atoms with Crippen LogP contribution >= 0.6 is 15.9 Å². The van der Waals surface area contributed by atoms with Crippen molar-refractivity contribution >= 4 is 21.9 Å². The number of hydrogen-bond acceptors (Lipinski definition) is 3. The third-order valence-electron chi connectivity index (χ3n) is 2.88. The second-order valence-electron chi connectivity index (χ2n) is 4.07. The normalized spacial score (nSPS) is 19.6. The molecule has 1 heterocycles. The molecule has 0 saturated carbocycles. The molecule has 0 saturated heterocycles. The molecule has 1 aromatic rings. The minimum absolute atomic E-state index is 0.116. The number of hydrogen-bond donors (Lipinski definition) is 1. The highest BCUT2D eigenvalue weighted by molar-refractivity contribution is 9.10. The van der Waals surface area contributed by atoms with Crippen LogP contribution in [0.15, 0.2) is 27.7 Å². The summed E-state index contributed by atoms with van der Waals surface area (Å²) in [6.07, 6.45) is 1.01. The van der Waals surface area contributed by atoms with Crippen LogP contribution in [0.25, 0.3) is 0 Å². The molecule has 1 aromatic carbocycles. The first-order valence-corrected chi connectivity index (χ1v) is 6.44. The van der Waals surface area contributed by atoms with Gasteiger partial charge in [0, 0.05) is 11.0 Å². The summed E-state index contributed by atoms with van der Waals surface area (Å²) in [5.74, 6) is 0.336. The molecule has 0 radical (unpaired) electrons. The quantitative estimate of drug-likeness (QED) is 0.932. The van der Waals surface area contributed by atoms with E-state index in [-0.39, 0.29) is 11.9 Å². The van der Waals surface area contributed by atoms with E-state index in [1.54, 1.807) is 6.07 Å². The molecule has 1 aliphatic heterocycles. The first-order chi connectivity index (χ1) is 8.13. The van der Waals surface area contributed by atoms with E-state index < -0.39 is 0 Å². The Morgan fingerprint density at radius 3 is 3.00 bits per heavy atom. The predicted molar refractivity (Wildman–Crippen MR) is 70.3 cm³/mol. The predicted octanol–water partition coefficient (Wildman–Crippen LogP) is 2.67. The van der Waals surface area contributed by atoms with Crippen molar-refractivity contribution in [1.29, 1.82) is 0 Å². The van der Waals surface area contributed by atoms with Gasteiger partial charge in [-0.2, -0.15) is 0 Å². The van der Waals surface area contributed by atoms with E-state index in [1.807, 2.05) is 0 Å². The van der Waals surface area contributed by atoms with Gasteiger partial charge in [0.05, 0.1) is 12.6 Å². The lowest BCUT2D eigenvalue weighted by Gasteiger charge is -2.26. The molecule has 1 aliphatic rings. The third kappa shape index (κ3) is 2.44. The van der Waals surface area contributed by atoms with Crippen molar-refractivity contribution in [2.75, 3.05) is 13.1 Å². The second-order valence-corrected chi connectivity index (χ2v) is 4.93. The molecule has 0 aliphatic carbocycles. The molecule has 0 aromatic heterocycles. The largest absolute Gasteiger partial charge is 0.370 e. The first-order valence-electron chi connectivity index (χ1n) is 5.65. The monoisotopic (exact) mass is 299 g/mol. The highest BCUT2D eigenvalue weighted by Gasteiger charge is 2.28. The zero-order chi connectivity index (χ0) is 12.4. The van der Waals surface area contributed by atoms with Gasteiger partial charge in [-0.05, 0) is 24.1 Å². The van der Waals surface area contributed by atoms with Gasteiger partial charge in [0.1, 0.15) is 5.82 Å². The number of benzene rings is 1. The fourth-order valence-corrected chi connectivity index (χ4v) is 2.69. The summed E-state index contributed by atoms with van der Waals surface area (Å²) in [7, 11) is 0. The van der Waals surface area contributed by atoms with Crippen LogP contribution in [0.5, 0.6) is 0 Å². The Balaban J connectivity index is 2.28. The molecule has 17 heavy (non-hydrogen) atoms. The van der Waals surface area contributed by atoms with Crippen LogP contribution < -0.4 is 5.73 Å². The van der Waals surface area contributed by atoms with Gasteiger partial charge >= 0.3 is 0 Å². The lowest BCUT2D eigenvalue weighted by atomic mass is 10.1. The van der Waals surface area contributed by atoms with Gasteiger partial charge in [0.2, 0.25) is 0 Å². The van der Waals surface area contributed by atoms with Crippen LogP contribution in [0.1, 0.15) is 24.9 Å². The van der Waals surface area contributed by atoms with Crippen molar-refractivity contribution in [3.63, 3.8) is 0 Å². The standard InChI is InChI=1S/C12H15BrFN3/c1-2-5-17-11(7-16-12(17)15)9-4-3-8(14)6-10(9)13/h3-4,6,11H,2,5,7H2,1H3,(H2,15,16). The molecular formula is C12H15BrFN3. The fourth-order valence-electron chi connectivity index (χ4n) is 2.08. The van der Waals surface area contributed by atoms with E-state index in [0.29, 0.717) is 12.5 Å². The minimum atomic E-state index is -0.241. The van der Waals surface area contributed by atoms with Crippen LogP contribution in [0.4, 0.5) is 4.39 Å². The molecule has 2 rings (SSSR count). The molecular weight excluding hydrogens is 285 g/mol. The van der Waals surface area contributed by atoms with Gasteiger partial charge in [-0.3, -0.25) is 4.99 Å². The van der Waals surface area contributed by atoms with Gasteiger partial charge in [-0.25, -0.2) is 4.39 Å². The van der Waals surface area contributed by atoms with Crippen molar-refractivity contribution in [2.45, 2.75) is 19.4 Å². The van der Waals surface area contributed by atoms with Gasteiger partial charge in [0.15, 0.2) is 5.96 Å². The molecule has 1 atom stereocenters. The Labute approximate surface area is 109 Å². The number of nitrogens with zero attached hydrogens (tertiary/aromatic N) is 2. The van der Waals surface area contributed by atoms with Crippen LogP contribution in [-0.2, 0) is 0 Å². The van der Waals surface area contributed by atoms with Crippen molar-refractivity contribution in [3.05, 3.63) is 34.1 Å². The lowest BCUT2D eigenvalue weighted by Crippen LogP contribution is -2.36. The van der Waals surface area contributed by atoms with Crippen LogP contribution in [0, 0.1) is 5.82 Å². The zero-order valence-electron chi connectivity index (χ0n) is 9.66. The highest BCUT2D eigenvalue weighted by Crippen LogP contribution is 2.31. The molecule has 0 fully saturated rings. The summed E-state index contributed by atoms with van der Waals surface area (Å²) < 4.78 is 13.8. The van der Waals surface area contributed by atoms with E-state index in [2.05, 4.69) is 32.7 Å². The molecule has 2 N–H and O–H groups in total. The molecule has 1 unspecified atom stereocenters. The molecule has 5 heteroatoms. The second kappa shape index (κ2) is 5.04. The number of nitrogens with two attached hydrogens (primary N) is 1. The van der Waals surface area contributed by atoms with E-state index in [4.69, 9.17) is 5.73 Å². The van der Waals surface area contributed by atoms with Crippen molar-refractivity contribution < 1.29 is 4.39 Å². The molecule has 92 valence electrons. The van der Waals surface area contributed by atoms with Gasteiger partial charge in [0.25, 0.3) is 0 Å². The average Bonchev–Trinajstić information content (AvgIpc) is 2.62. The summed E-state index contributed by atoms with van der Waals surface area (Å²) in [6, 6.07) is 4.86. The number of halogens is 2. The van der Waals surface area contributed by atoms with E-state index in [1.165, 1.54) is 12.1 Å². The summed E-state index contributed by atoms with van der Waals surface area (Å²) in [5, 5.41) is 0. The summed E-state index contributed by atoms with van der Waals surface area (Å²) >= 11 is 3.40. The van der Waals surface area contributed by atoms with E-state index >= 15 is 0 Å². The highest BCUT2D eigenvalue weighted by atomic mass is 79.9. The third-order valence-corrected chi connectivity index (χ3v) is 3.57. The summed E-state index contributed by atoms with van der Waals surface area (Å²) in [4.78, 5) is 6.33. The number of rotatable bonds is 3. The van der Waals surface area contributed by atoms with Crippen molar-refractivity contribution in [1.82, 2.24) is 4.90 Å². The minimum Gasteiger partial charge on any atom is -0.370 e. The van der Waals surface area contributed by atoms with Gasteiger partial charge < -0.3 is 10.6 Å². The lowest BCUT2D eigenvalue weighted by molar-refractivity contribution is 0.346. The average molecular weight is 300 g/mol. The smallest absolute Gasteiger partial charge is 0.191 e. The van der Waals surface area contributed by atoms with Crippen LogP contribution in [0.2, 0.25) is 0 Å². The maximum Gasteiger partial charge on any atom is 0.191 e. The van der Waals surface area contributed by atoms with Crippen LogP contribution in [-0.4, -0.2) is 23.9 Å². The van der Waals surface area contributed by atoms with Crippen molar-refractivity contribution in [2.24, 2.45) is 10.7 Å². The Morgan fingerprint density at radius 1 is 1.59 bits per heavy atom. The Morgan fingerprint density at radius 2 is 2.35 bits per heavy atom. The SMILES string of the molecule is CCCN1C(N)=NCC1c1ccc(F)cc1Br. The Bertz CT molecular complexity index is 447. The number of aliphatic imine (C=N–C) groups is 1. The zero-order valence-corrected chi connectivity index (χ0v) is 11.2. The first kappa shape index (κ1) is 12.4. The van der Waals surface area contributed by atoms with Gasteiger partial charge in [-0.1, -0.05) is 28.9 Å². The maximum absolute atomic E-state index is 13.1. The Hall–Kier alpha value is -1.10. The summed E-state index contributed by atoms with van der Waals surface area (Å²) in [6.45, 7) is 3.60. The molecule has 0 bridgehead atoms. The van der Waals surface area contributed by atoms with Gasteiger partial charge in [-0.15, -0.1) is 0 Å². The number of guanidine groups is 1.